The Hall–Kier alpha value is -1.63. The van der Waals surface area contributed by atoms with Crippen molar-refractivity contribution in [2.45, 2.75) is 31.8 Å². The van der Waals surface area contributed by atoms with Gasteiger partial charge in [0.1, 0.15) is 12.1 Å². The number of carboxylic acid groups (broad SMARTS) is 3. The zero-order valence-electron chi connectivity index (χ0n) is 8.14. The standard InChI is InChI=1S/C8H13NO6/c1-4(7(12)13)9-5(8(14)15)2-3-6(10)11/h4-5,9H,2-3H2,1H3,(H,10,11)(H,12,13)(H,14,15)/t4-,5-/m0/s1. The summed E-state index contributed by atoms with van der Waals surface area (Å²) in [5.74, 6) is -3.56. The summed E-state index contributed by atoms with van der Waals surface area (Å²) in [4.78, 5) is 31.3. The Balaban J connectivity index is 4.22. The van der Waals surface area contributed by atoms with E-state index in [0.29, 0.717) is 0 Å². The van der Waals surface area contributed by atoms with Crippen molar-refractivity contribution in [3.8, 4) is 0 Å². The smallest absolute Gasteiger partial charge is 0.320 e. The summed E-state index contributed by atoms with van der Waals surface area (Å²) in [6, 6.07) is -2.19. The molecule has 0 aromatic rings. The van der Waals surface area contributed by atoms with Gasteiger partial charge in [-0.25, -0.2) is 0 Å². The number of hydrogen-bond donors (Lipinski definition) is 4. The van der Waals surface area contributed by atoms with Gasteiger partial charge in [-0.2, -0.15) is 0 Å². The van der Waals surface area contributed by atoms with Crippen LogP contribution in [0.1, 0.15) is 19.8 Å². The third kappa shape index (κ3) is 5.63. The Bertz CT molecular complexity index is 264. The van der Waals surface area contributed by atoms with Crippen molar-refractivity contribution in [3.63, 3.8) is 0 Å². The van der Waals surface area contributed by atoms with Gasteiger partial charge in [0.05, 0.1) is 0 Å². The number of aliphatic carboxylic acids is 3. The summed E-state index contributed by atoms with van der Waals surface area (Å²) >= 11 is 0. The molecule has 0 bridgehead atoms. The van der Waals surface area contributed by atoms with Crippen LogP contribution in [-0.2, 0) is 14.4 Å². The lowest BCUT2D eigenvalue weighted by Gasteiger charge is -2.16. The summed E-state index contributed by atoms with van der Waals surface area (Å²) in [6.07, 6.45) is -0.474. The third-order valence-electron chi connectivity index (χ3n) is 1.77. The van der Waals surface area contributed by atoms with E-state index in [9.17, 15) is 14.4 Å². The fraction of sp³-hybridized carbons (Fsp3) is 0.625. The van der Waals surface area contributed by atoms with Crippen LogP contribution in [0.5, 0.6) is 0 Å². The monoisotopic (exact) mass is 219 g/mol. The second-order valence-electron chi connectivity index (χ2n) is 3.05. The second kappa shape index (κ2) is 5.97. The summed E-state index contributed by atoms with van der Waals surface area (Å²) in [5.41, 5.74) is 0. The van der Waals surface area contributed by atoms with E-state index in [0.717, 1.165) is 0 Å². The number of carboxylic acids is 3. The van der Waals surface area contributed by atoms with Gasteiger partial charge in [-0.15, -0.1) is 0 Å². The molecule has 7 heteroatoms. The minimum Gasteiger partial charge on any atom is -0.481 e. The van der Waals surface area contributed by atoms with E-state index >= 15 is 0 Å². The van der Waals surface area contributed by atoms with Crippen LogP contribution < -0.4 is 5.32 Å². The summed E-state index contributed by atoms with van der Waals surface area (Å²) in [7, 11) is 0. The fourth-order valence-electron chi connectivity index (χ4n) is 0.919. The average Bonchev–Trinajstić information content (AvgIpc) is 2.10. The van der Waals surface area contributed by atoms with Gasteiger partial charge in [0.25, 0.3) is 0 Å². The lowest BCUT2D eigenvalue weighted by atomic mass is 10.1. The zero-order valence-corrected chi connectivity index (χ0v) is 8.14. The van der Waals surface area contributed by atoms with Crippen LogP contribution in [0.25, 0.3) is 0 Å². The molecule has 0 aliphatic heterocycles. The van der Waals surface area contributed by atoms with Gasteiger partial charge in [0.2, 0.25) is 0 Å². The average molecular weight is 219 g/mol. The van der Waals surface area contributed by atoms with Crippen LogP contribution in [0.2, 0.25) is 0 Å². The van der Waals surface area contributed by atoms with Gasteiger partial charge in [-0.1, -0.05) is 0 Å². The van der Waals surface area contributed by atoms with E-state index in [1.165, 1.54) is 6.92 Å². The molecule has 0 aliphatic rings. The minimum absolute atomic E-state index is 0.151. The third-order valence-corrected chi connectivity index (χ3v) is 1.77. The summed E-state index contributed by atoms with van der Waals surface area (Å²) < 4.78 is 0. The highest BCUT2D eigenvalue weighted by Crippen LogP contribution is 1.99. The molecule has 0 radical (unpaired) electrons. The quantitative estimate of drug-likeness (QED) is 0.449. The highest BCUT2D eigenvalue weighted by molar-refractivity contribution is 5.77. The van der Waals surface area contributed by atoms with Gasteiger partial charge in [-0.05, 0) is 13.3 Å². The maximum atomic E-state index is 10.6. The normalized spacial score (nSPS) is 14.2. The van der Waals surface area contributed by atoms with E-state index < -0.39 is 30.0 Å². The van der Waals surface area contributed by atoms with Crippen molar-refractivity contribution in [1.29, 1.82) is 0 Å². The number of hydrogen-bond acceptors (Lipinski definition) is 4. The molecule has 15 heavy (non-hydrogen) atoms. The molecule has 0 fully saturated rings. The molecule has 0 saturated heterocycles. The number of rotatable bonds is 7. The molecule has 2 atom stereocenters. The molecule has 0 heterocycles. The Kier molecular flexibility index (Phi) is 5.32. The van der Waals surface area contributed by atoms with E-state index in [2.05, 4.69) is 5.32 Å². The fourth-order valence-corrected chi connectivity index (χ4v) is 0.919. The molecule has 0 aliphatic carbocycles. The SMILES string of the molecule is C[C@H](N[C@@H](CCC(=O)O)C(=O)O)C(=O)O. The van der Waals surface area contributed by atoms with Crippen LogP contribution in [0.15, 0.2) is 0 Å². The molecule has 0 rings (SSSR count). The maximum Gasteiger partial charge on any atom is 0.320 e. The number of nitrogens with one attached hydrogen (secondary N) is 1. The molecular formula is C8H13NO6. The van der Waals surface area contributed by atoms with Gasteiger partial charge < -0.3 is 15.3 Å². The lowest BCUT2D eigenvalue weighted by molar-refractivity contribution is -0.142. The molecule has 7 nitrogen and oxygen atoms in total. The second-order valence-corrected chi connectivity index (χ2v) is 3.05. The zero-order chi connectivity index (χ0) is 12.0. The predicted octanol–water partition coefficient (Wildman–Crippen LogP) is -0.633. The minimum atomic E-state index is -1.26. The molecule has 0 unspecified atom stereocenters. The highest BCUT2D eigenvalue weighted by atomic mass is 16.4. The highest BCUT2D eigenvalue weighted by Gasteiger charge is 2.23. The van der Waals surface area contributed by atoms with E-state index in [1.54, 1.807) is 0 Å². The van der Waals surface area contributed by atoms with Gasteiger partial charge >= 0.3 is 17.9 Å². The van der Waals surface area contributed by atoms with Gasteiger partial charge in [0, 0.05) is 6.42 Å². The first kappa shape index (κ1) is 13.4. The molecule has 4 N–H and O–H groups in total. The van der Waals surface area contributed by atoms with Crippen LogP contribution in [0, 0.1) is 0 Å². The Morgan fingerprint density at radius 2 is 1.67 bits per heavy atom. The molecule has 0 saturated carbocycles. The summed E-state index contributed by atoms with van der Waals surface area (Å²) in [6.45, 7) is 1.29. The van der Waals surface area contributed by atoms with Crippen LogP contribution in [0.4, 0.5) is 0 Å². The van der Waals surface area contributed by atoms with Crippen molar-refractivity contribution < 1.29 is 29.7 Å². The molecule has 0 spiro atoms. The van der Waals surface area contributed by atoms with Crippen molar-refractivity contribution in [3.05, 3.63) is 0 Å². The van der Waals surface area contributed by atoms with Crippen molar-refractivity contribution in [2.75, 3.05) is 0 Å². The Morgan fingerprint density at radius 3 is 2.00 bits per heavy atom. The van der Waals surface area contributed by atoms with E-state index in [1.807, 2.05) is 0 Å². The van der Waals surface area contributed by atoms with E-state index in [-0.39, 0.29) is 12.8 Å². The molecule has 0 amide bonds. The van der Waals surface area contributed by atoms with Gasteiger partial charge in [0.15, 0.2) is 0 Å². The molecular weight excluding hydrogens is 206 g/mol. The van der Waals surface area contributed by atoms with Crippen LogP contribution in [0.3, 0.4) is 0 Å². The number of carbonyl (C=O) groups is 3. The largest absolute Gasteiger partial charge is 0.481 e. The Labute approximate surface area is 85.7 Å². The topological polar surface area (TPSA) is 124 Å². The van der Waals surface area contributed by atoms with Crippen molar-refractivity contribution in [2.24, 2.45) is 0 Å². The first-order chi connectivity index (χ1) is 6.84. The van der Waals surface area contributed by atoms with Gasteiger partial charge in [-0.3, -0.25) is 19.7 Å². The predicted molar refractivity (Wildman–Crippen MR) is 48.5 cm³/mol. The van der Waals surface area contributed by atoms with Crippen LogP contribution in [-0.4, -0.2) is 45.3 Å². The van der Waals surface area contributed by atoms with Crippen molar-refractivity contribution >= 4 is 17.9 Å². The molecule has 86 valence electrons. The first-order valence-corrected chi connectivity index (χ1v) is 4.28. The Morgan fingerprint density at radius 1 is 1.13 bits per heavy atom. The maximum absolute atomic E-state index is 10.6. The van der Waals surface area contributed by atoms with E-state index in [4.69, 9.17) is 15.3 Å². The molecule has 0 aromatic carbocycles. The first-order valence-electron chi connectivity index (χ1n) is 4.28. The van der Waals surface area contributed by atoms with Crippen molar-refractivity contribution in [1.82, 2.24) is 5.32 Å². The van der Waals surface area contributed by atoms with Crippen LogP contribution >= 0.6 is 0 Å². The molecule has 0 aromatic heterocycles. The summed E-state index contributed by atoms with van der Waals surface area (Å²) in [5, 5.41) is 27.8. The lowest BCUT2D eigenvalue weighted by Crippen LogP contribution is -2.45.